The number of hydrogen-bond acceptors (Lipinski definition) is 8. The molecule has 0 aromatic carbocycles. The van der Waals surface area contributed by atoms with Crippen molar-refractivity contribution in [2.24, 2.45) is 0 Å². The number of rotatable bonds is 4. The summed E-state index contributed by atoms with van der Waals surface area (Å²) in [4.78, 5) is 15.6. The molecule has 0 unspecified atom stereocenters. The van der Waals surface area contributed by atoms with Crippen molar-refractivity contribution in [1.29, 1.82) is 0 Å². The normalized spacial score (nSPS) is 19.9. The zero-order valence-electron chi connectivity index (χ0n) is 15.7. The second kappa shape index (κ2) is 8.23. The SMILES string of the molecule is CN1CCN(c2cc(N3CCN(S(=O)(=O)c4ccc(Br)s4)CC3)ncn2)CC1. The van der Waals surface area contributed by atoms with Crippen molar-refractivity contribution in [3.63, 3.8) is 0 Å². The number of hydrogen-bond donors (Lipinski definition) is 0. The Kier molecular flexibility index (Phi) is 5.88. The average Bonchev–Trinajstić information content (AvgIpc) is 3.16. The van der Waals surface area contributed by atoms with Crippen LogP contribution < -0.4 is 9.80 Å². The lowest BCUT2D eigenvalue weighted by molar-refractivity contribution is 0.312. The molecular formula is C17H23BrN6O2S2. The number of aromatic nitrogens is 2. The van der Waals surface area contributed by atoms with E-state index < -0.39 is 10.0 Å². The second-order valence-electron chi connectivity index (χ2n) is 6.97. The van der Waals surface area contributed by atoms with E-state index in [1.165, 1.54) is 11.3 Å². The first-order chi connectivity index (χ1) is 13.4. The number of piperazine rings is 2. The number of sulfonamides is 1. The summed E-state index contributed by atoms with van der Waals surface area (Å²) in [5, 5.41) is 0. The van der Waals surface area contributed by atoms with E-state index in [2.05, 4.69) is 47.6 Å². The van der Waals surface area contributed by atoms with E-state index >= 15 is 0 Å². The Morgan fingerprint density at radius 1 is 0.929 bits per heavy atom. The van der Waals surface area contributed by atoms with Gasteiger partial charge in [0.1, 0.15) is 22.2 Å². The first kappa shape index (κ1) is 20.0. The largest absolute Gasteiger partial charge is 0.354 e. The summed E-state index contributed by atoms with van der Waals surface area (Å²) in [6.07, 6.45) is 1.61. The van der Waals surface area contributed by atoms with Gasteiger partial charge in [-0.2, -0.15) is 4.31 Å². The minimum atomic E-state index is -3.43. The van der Waals surface area contributed by atoms with Crippen molar-refractivity contribution < 1.29 is 8.42 Å². The summed E-state index contributed by atoms with van der Waals surface area (Å²) in [5.74, 6) is 1.80. The van der Waals surface area contributed by atoms with Crippen LogP contribution in [0, 0.1) is 0 Å². The van der Waals surface area contributed by atoms with Gasteiger partial charge in [0.2, 0.25) is 0 Å². The number of nitrogens with zero attached hydrogens (tertiary/aromatic N) is 6. The van der Waals surface area contributed by atoms with Crippen LogP contribution in [0.25, 0.3) is 0 Å². The predicted octanol–water partition coefficient (Wildman–Crippen LogP) is 1.56. The summed E-state index contributed by atoms with van der Waals surface area (Å²) in [6, 6.07) is 5.45. The highest BCUT2D eigenvalue weighted by Crippen LogP contribution is 2.29. The van der Waals surface area contributed by atoms with Gasteiger partial charge < -0.3 is 14.7 Å². The van der Waals surface area contributed by atoms with Crippen molar-refractivity contribution in [3.05, 3.63) is 28.3 Å². The van der Waals surface area contributed by atoms with Gasteiger partial charge in [-0.3, -0.25) is 0 Å². The molecule has 0 atom stereocenters. The molecule has 0 amide bonds. The van der Waals surface area contributed by atoms with Gasteiger partial charge in [-0.25, -0.2) is 18.4 Å². The van der Waals surface area contributed by atoms with Crippen LogP contribution in [-0.2, 0) is 10.0 Å². The van der Waals surface area contributed by atoms with Crippen LogP contribution in [0.5, 0.6) is 0 Å². The second-order valence-corrected chi connectivity index (χ2v) is 11.6. The number of halogens is 1. The van der Waals surface area contributed by atoms with Gasteiger partial charge >= 0.3 is 0 Å². The van der Waals surface area contributed by atoms with Crippen molar-refractivity contribution in [3.8, 4) is 0 Å². The van der Waals surface area contributed by atoms with E-state index in [-0.39, 0.29) is 0 Å². The highest BCUT2D eigenvalue weighted by atomic mass is 79.9. The van der Waals surface area contributed by atoms with Crippen molar-refractivity contribution >= 4 is 48.9 Å². The van der Waals surface area contributed by atoms with Crippen molar-refractivity contribution in [2.75, 3.05) is 69.2 Å². The molecule has 11 heteroatoms. The maximum absolute atomic E-state index is 12.8. The molecule has 0 N–H and O–H groups in total. The Labute approximate surface area is 178 Å². The average molecular weight is 487 g/mol. The number of thiophene rings is 1. The Morgan fingerprint density at radius 2 is 1.50 bits per heavy atom. The van der Waals surface area contributed by atoms with Gasteiger partial charge in [0.15, 0.2) is 0 Å². The van der Waals surface area contributed by atoms with E-state index in [9.17, 15) is 8.42 Å². The van der Waals surface area contributed by atoms with E-state index in [0.29, 0.717) is 30.4 Å². The van der Waals surface area contributed by atoms with E-state index in [0.717, 1.165) is 41.6 Å². The maximum atomic E-state index is 12.8. The van der Waals surface area contributed by atoms with E-state index in [1.54, 1.807) is 22.8 Å². The number of likely N-dealkylation sites (N-methyl/N-ethyl adjacent to an activating group) is 1. The molecule has 2 aromatic heterocycles. The summed E-state index contributed by atoms with van der Waals surface area (Å²) >= 11 is 4.59. The Bertz CT molecular complexity index is 921. The fourth-order valence-corrected chi connectivity index (χ4v) is 7.03. The molecule has 152 valence electrons. The van der Waals surface area contributed by atoms with Gasteiger partial charge in [0, 0.05) is 58.4 Å². The Morgan fingerprint density at radius 3 is 2.04 bits per heavy atom. The third kappa shape index (κ3) is 4.18. The molecule has 0 bridgehead atoms. The summed E-state index contributed by atoms with van der Waals surface area (Å²) in [7, 11) is -1.30. The molecular weight excluding hydrogens is 464 g/mol. The standard InChI is InChI=1S/C17H23BrN6O2S2/c1-21-4-6-22(7-5-21)15-12-16(20-13-19-15)23-8-10-24(11-9-23)28(25,26)17-3-2-14(18)27-17/h2-3,12-13H,4-11H2,1H3. The molecule has 0 saturated carbocycles. The van der Waals surface area contributed by atoms with Crippen LogP contribution in [0.3, 0.4) is 0 Å². The molecule has 8 nitrogen and oxygen atoms in total. The highest BCUT2D eigenvalue weighted by Gasteiger charge is 2.30. The zero-order valence-corrected chi connectivity index (χ0v) is 18.9. The molecule has 2 aromatic rings. The van der Waals surface area contributed by atoms with E-state index in [1.807, 2.05) is 6.07 Å². The monoisotopic (exact) mass is 486 g/mol. The van der Waals surface area contributed by atoms with Crippen molar-refractivity contribution in [2.45, 2.75) is 4.21 Å². The fourth-order valence-electron chi connectivity index (χ4n) is 3.44. The minimum absolute atomic E-state index is 0.382. The van der Waals surface area contributed by atoms with Crippen LogP contribution in [0.4, 0.5) is 11.6 Å². The fraction of sp³-hybridized carbons (Fsp3) is 0.529. The maximum Gasteiger partial charge on any atom is 0.252 e. The Hall–Kier alpha value is -1.27. The number of anilines is 2. The smallest absolute Gasteiger partial charge is 0.252 e. The van der Waals surface area contributed by atoms with Crippen LogP contribution in [0.15, 0.2) is 32.5 Å². The quantitative estimate of drug-likeness (QED) is 0.648. The molecule has 2 aliphatic heterocycles. The van der Waals surface area contributed by atoms with Crippen LogP contribution >= 0.6 is 27.3 Å². The summed E-state index contributed by atoms with van der Waals surface area (Å²) in [5.41, 5.74) is 0. The van der Waals surface area contributed by atoms with Gasteiger partial charge in [-0.15, -0.1) is 11.3 Å². The molecule has 4 rings (SSSR count). The molecule has 0 radical (unpaired) electrons. The first-order valence-corrected chi connectivity index (χ1v) is 12.2. The lowest BCUT2D eigenvalue weighted by Crippen LogP contribution is -2.49. The lowest BCUT2D eigenvalue weighted by atomic mass is 10.3. The minimum Gasteiger partial charge on any atom is -0.354 e. The topological polar surface area (TPSA) is 72.9 Å². The predicted molar refractivity (Wildman–Crippen MR) is 115 cm³/mol. The molecule has 4 heterocycles. The molecule has 2 aliphatic rings. The molecule has 2 saturated heterocycles. The van der Waals surface area contributed by atoms with Gasteiger partial charge in [-0.1, -0.05) is 0 Å². The summed E-state index contributed by atoms with van der Waals surface area (Å²) < 4.78 is 28.3. The van der Waals surface area contributed by atoms with Crippen LogP contribution in [0.2, 0.25) is 0 Å². The van der Waals surface area contributed by atoms with Gasteiger partial charge in [0.25, 0.3) is 10.0 Å². The van der Waals surface area contributed by atoms with Crippen LogP contribution in [0.1, 0.15) is 0 Å². The Balaban J connectivity index is 1.42. The lowest BCUT2D eigenvalue weighted by Gasteiger charge is -2.36. The van der Waals surface area contributed by atoms with Gasteiger partial charge in [0.05, 0.1) is 3.79 Å². The highest BCUT2D eigenvalue weighted by molar-refractivity contribution is 9.11. The molecule has 0 spiro atoms. The van der Waals surface area contributed by atoms with Crippen molar-refractivity contribution in [1.82, 2.24) is 19.2 Å². The molecule has 2 fully saturated rings. The molecule has 0 aliphatic carbocycles. The van der Waals surface area contributed by atoms with Gasteiger partial charge in [-0.05, 0) is 35.1 Å². The summed E-state index contributed by atoms with van der Waals surface area (Å²) in [6.45, 7) is 6.08. The zero-order chi connectivity index (χ0) is 19.7. The van der Waals surface area contributed by atoms with Crippen LogP contribution in [-0.4, -0.2) is 87.0 Å². The third-order valence-corrected chi connectivity index (χ3v) is 9.16. The van der Waals surface area contributed by atoms with E-state index in [4.69, 9.17) is 0 Å². The molecule has 28 heavy (non-hydrogen) atoms. The third-order valence-electron chi connectivity index (χ3n) is 5.17. The first-order valence-electron chi connectivity index (χ1n) is 9.19.